The Morgan fingerprint density at radius 2 is 2.07 bits per heavy atom. The summed E-state index contributed by atoms with van der Waals surface area (Å²) in [6.45, 7) is 1.45. The van der Waals surface area contributed by atoms with Crippen LogP contribution >= 0.6 is 0 Å². The highest BCUT2D eigenvalue weighted by molar-refractivity contribution is 5.88. The van der Waals surface area contributed by atoms with E-state index in [9.17, 15) is 15.0 Å². The molecule has 0 spiro atoms. The molecule has 1 heterocycles. The molecule has 4 atom stereocenters. The number of aliphatic hydroxyl groups is 3. The fraction of sp³-hybridized carbons (Fsp3) is 0.875. The van der Waals surface area contributed by atoms with Gasteiger partial charge in [-0.25, -0.2) is 0 Å². The van der Waals surface area contributed by atoms with Gasteiger partial charge in [0.15, 0.2) is 18.2 Å². The van der Waals surface area contributed by atoms with Crippen molar-refractivity contribution in [2.75, 3.05) is 13.2 Å². The Morgan fingerprint density at radius 3 is 2.57 bits per heavy atom. The zero-order valence-corrected chi connectivity index (χ0v) is 7.79. The summed E-state index contributed by atoms with van der Waals surface area (Å²) >= 11 is 0. The number of carbonyl (C=O) groups is 1. The molecule has 1 aliphatic rings. The van der Waals surface area contributed by atoms with Crippen LogP contribution in [0, 0.1) is 0 Å². The second-order valence-electron chi connectivity index (χ2n) is 2.97. The summed E-state index contributed by atoms with van der Waals surface area (Å²) in [6.07, 6.45) is -5.12. The minimum atomic E-state index is -1.49. The van der Waals surface area contributed by atoms with Crippen LogP contribution in [-0.4, -0.2) is 58.9 Å². The van der Waals surface area contributed by atoms with Crippen LogP contribution in [0.4, 0.5) is 0 Å². The second-order valence-corrected chi connectivity index (χ2v) is 2.97. The maximum absolute atomic E-state index is 11.2. The van der Waals surface area contributed by atoms with Crippen molar-refractivity contribution in [3.05, 3.63) is 0 Å². The molecule has 1 saturated heterocycles. The Bertz CT molecular complexity index is 206. The number of aliphatic hydroxyl groups excluding tert-OH is 3. The predicted molar refractivity (Wildman–Crippen MR) is 44.4 cm³/mol. The van der Waals surface area contributed by atoms with Crippen LogP contribution < -0.4 is 0 Å². The van der Waals surface area contributed by atoms with E-state index in [-0.39, 0.29) is 6.61 Å². The lowest BCUT2D eigenvalue weighted by molar-refractivity contribution is -0.254. The van der Waals surface area contributed by atoms with Crippen molar-refractivity contribution in [3.8, 4) is 0 Å². The van der Waals surface area contributed by atoms with Crippen molar-refractivity contribution < 1.29 is 29.6 Å². The van der Waals surface area contributed by atoms with Gasteiger partial charge in [-0.15, -0.1) is 0 Å². The fourth-order valence-electron chi connectivity index (χ4n) is 1.25. The number of ether oxygens (including phenoxy) is 2. The third-order valence-corrected chi connectivity index (χ3v) is 2.01. The van der Waals surface area contributed by atoms with E-state index >= 15 is 0 Å². The van der Waals surface area contributed by atoms with Crippen LogP contribution in [0.1, 0.15) is 6.92 Å². The maximum Gasteiger partial charge on any atom is 0.197 e. The highest BCUT2D eigenvalue weighted by Gasteiger charge is 2.43. The van der Waals surface area contributed by atoms with Crippen LogP contribution in [0.15, 0.2) is 0 Å². The van der Waals surface area contributed by atoms with Crippen molar-refractivity contribution in [1.29, 1.82) is 0 Å². The Kier molecular flexibility index (Phi) is 3.97. The highest BCUT2D eigenvalue weighted by atomic mass is 16.7. The molecule has 1 aliphatic heterocycles. The first-order valence-electron chi connectivity index (χ1n) is 4.39. The molecule has 0 bridgehead atoms. The van der Waals surface area contributed by atoms with Crippen LogP contribution in [0.3, 0.4) is 0 Å². The number of rotatable bonds is 3. The van der Waals surface area contributed by atoms with Crippen molar-refractivity contribution in [1.82, 2.24) is 0 Å². The molecule has 0 aromatic heterocycles. The zero-order valence-electron chi connectivity index (χ0n) is 7.79. The molecule has 14 heavy (non-hydrogen) atoms. The van der Waals surface area contributed by atoms with E-state index in [4.69, 9.17) is 14.6 Å². The first-order chi connectivity index (χ1) is 6.61. The van der Waals surface area contributed by atoms with Crippen molar-refractivity contribution in [2.24, 2.45) is 0 Å². The maximum atomic E-state index is 11.2. The van der Waals surface area contributed by atoms with E-state index < -0.39 is 37.0 Å². The summed E-state index contributed by atoms with van der Waals surface area (Å²) in [6, 6.07) is 0. The SMILES string of the molecule is CCOC1OC(CO)C(O)C(=O)C1O. The summed E-state index contributed by atoms with van der Waals surface area (Å²) in [7, 11) is 0. The van der Waals surface area contributed by atoms with Gasteiger partial charge in [0.1, 0.15) is 12.2 Å². The molecule has 1 fully saturated rings. The van der Waals surface area contributed by atoms with Gasteiger partial charge in [0.05, 0.1) is 6.61 Å². The minimum Gasteiger partial charge on any atom is -0.394 e. The third kappa shape index (κ3) is 2.10. The molecule has 0 amide bonds. The van der Waals surface area contributed by atoms with E-state index in [2.05, 4.69) is 0 Å². The molecule has 0 aromatic carbocycles. The average Bonchev–Trinajstić information content (AvgIpc) is 2.19. The Balaban J connectivity index is 2.68. The molecule has 0 aromatic rings. The van der Waals surface area contributed by atoms with Gasteiger partial charge in [-0.2, -0.15) is 0 Å². The van der Waals surface area contributed by atoms with Gasteiger partial charge in [0.2, 0.25) is 0 Å². The second kappa shape index (κ2) is 4.81. The standard InChI is InChI=1S/C8H14O6/c1-2-13-8-7(12)6(11)5(10)4(3-9)14-8/h4-5,7-10,12H,2-3H2,1H3. The molecule has 0 aliphatic carbocycles. The van der Waals surface area contributed by atoms with Crippen LogP contribution in [-0.2, 0) is 14.3 Å². The Morgan fingerprint density at radius 1 is 1.43 bits per heavy atom. The molecule has 6 nitrogen and oxygen atoms in total. The Labute approximate surface area is 81.1 Å². The molecule has 1 rings (SSSR count). The van der Waals surface area contributed by atoms with Gasteiger partial charge in [-0.05, 0) is 6.92 Å². The van der Waals surface area contributed by atoms with E-state index in [0.717, 1.165) is 0 Å². The van der Waals surface area contributed by atoms with Crippen molar-refractivity contribution in [3.63, 3.8) is 0 Å². The van der Waals surface area contributed by atoms with Crippen LogP contribution in [0.2, 0.25) is 0 Å². The van der Waals surface area contributed by atoms with E-state index in [1.165, 1.54) is 0 Å². The van der Waals surface area contributed by atoms with Gasteiger partial charge < -0.3 is 24.8 Å². The molecule has 4 unspecified atom stereocenters. The van der Waals surface area contributed by atoms with Gasteiger partial charge >= 0.3 is 0 Å². The predicted octanol–water partition coefficient (Wildman–Crippen LogP) is -1.97. The summed E-state index contributed by atoms with van der Waals surface area (Å²) in [5.74, 6) is -0.784. The zero-order chi connectivity index (χ0) is 10.7. The van der Waals surface area contributed by atoms with E-state index in [0.29, 0.717) is 0 Å². The van der Waals surface area contributed by atoms with E-state index in [1.807, 2.05) is 0 Å². The van der Waals surface area contributed by atoms with Crippen molar-refractivity contribution in [2.45, 2.75) is 31.5 Å². The molecule has 6 heteroatoms. The molecule has 0 radical (unpaired) electrons. The van der Waals surface area contributed by atoms with Crippen LogP contribution in [0.25, 0.3) is 0 Å². The number of Topliss-reactive ketones (excluding diaryl/α,β-unsaturated/α-hetero) is 1. The summed E-state index contributed by atoms with van der Waals surface area (Å²) < 4.78 is 9.91. The summed E-state index contributed by atoms with van der Waals surface area (Å²) in [5.41, 5.74) is 0. The van der Waals surface area contributed by atoms with Crippen molar-refractivity contribution >= 4 is 5.78 Å². The van der Waals surface area contributed by atoms with Gasteiger partial charge in [0, 0.05) is 6.61 Å². The normalized spacial score (nSPS) is 38.7. The van der Waals surface area contributed by atoms with Crippen LogP contribution in [0.5, 0.6) is 0 Å². The van der Waals surface area contributed by atoms with E-state index in [1.54, 1.807) is 6.92 Å². The smallest absolute Gasteiger partial charge is 0.197 e. The number of hydrogen-bond acceptors (Lipinski definition) is 6. The lowest BCUT2D eigenvalue weighted by atomic mass is 10.0. The Hall–Kier alpha value is -0.530. The number of hydrogen-bond donors (Lipinski definition) is 3. The molecular weight excluding hydrogens is 192 g/mol. The molecule has 82 valence electrons. The van der Waals surface area contributed by atoms with Gasteiger partial charge in [0.25, 0.3) is 0 Å². The molecule has 0 saturated carbocycles. The monoisotopic (exact) mass is 206 g/mol. The topological polar surface area (TPSA) is 96.2 Å². The molecule has 3 N–H and O–H groups in total. The quantitative estimate of drug-likeness (QED) is 0.495. The number of carbonyl (C=O) groups excluding carboxylic acids is 1. The van der Waals surface area contributed by atoms with Gasteiger partial charge in [-0.1, -0.05) is 0 Å². The molecular formula is C8H14O6. The summed E-state index contributed by atoms with van der Waals surface area (Å²) in [4.78, 5) is 11.2. The number of ketones is 1. The summed E-state index contributed by atoms with van der Waals surface area (Å²) in [5, 5.41) is 27.3. The lowest BCUT2D eigenvalue weighted by Crippen LogP contribution is -2.56. The third-order valence-electron chi connectivity index (χ3n) is 2.01. The average molecular weight is 206 g/mol. The lowest BCUT2D eigenvalue weighted by Gasteiger charge is -2.34. The minimum absolute atomic E-state index is 0.267. The first kappa shape index (κ1) is 11.5. The van der Waals surface area contributed by atoms with Gasteiger partial charge in [-0.3, -0.25) is 4.79 Å². The fourth-order valence-corrected chi connectivity index (χ4v) is 1.25. The highest BCUT2D eigenvalue weighted by Crippen LogP contribution is 2.18. The largest absolute Gasteiger partial charge is 0.394 e. The first-order valence-corrected chi connectivity index (χ1v) is 4.39.